The maximum atomic E-state index is 11.4. The van der Waals surface area contributed by atoms with Crippen molar-refractivity contribution < 1.29 is 19.8 Å². The third-order valence-corrected chi connectivity index (χ3v) is 1.89. The average Bonchev–Trinajstić information content (AvgIpc) is 2.17. The highest BCUT2D eigenvalue weighted by Crippen LogP contribution is 1.98. The summed E-state index contributed by atoms with van der Waals surface area (Å²) in [5, 5.41) is 19.7. The highest BCUT2D eigenvalue weighted by Gasteiger charge is 2.19. The van der Waals surface area contributed by atoms with Crippen LogP contribution in [0.25, 0.3) is 0 Å². The van der Waals surface area contributed by atoms with E-state index in [0.717, 1.165) is 6.42 Å². The van der Waals surface area contributed by atoms with Crippen molar-refractivity contribution in [1.82, 2.24) is 5.32 Å². The number of rotatable bonds is 6. The molecule has 0 spiro atoms. The summed E-state index contributed by atoms with van der Waals surface area (Å²) in [7, 11) is 0. The van der Waals surface area contributed by atoms with Gasteiger partial charge in [0.2, 0.25) is 5.91 Å². The van der Waals surface area contributed by atoms with E-state index in [9.17, 15) is 9.59 Å². The highest BCUT2D eigenvalue weighted by atomic mass is 16.4. The quantitative estimate of drug-likeness (QED) is 0.556. The molecule has 0 bridgehead atoms. The van der Waals surface area contributed by atoms with Gasteiger partial charge in [-0.2, -0.15) is 0 Å². The van der Waals surface area contributed by atoms with Crippen LogP contribution in [0.15, 0.2) is 11.6 Å². The van der Waals surface area contributed by atoms with E-state index in [0.29, 0.717) is 5.57 Å². The molecular weight excluding hydrogens is 198 g/mol. The van der Waals surface area contributed by atoms with Crippen LogP contribution < -0.4 is 5.32 Å². The molecule has 0 fully saturated rings. The van der Waals surface area contributed by atoms with Crippen LogP contribution >= 0.6 is 0 Å². The van der Waals surface area contributed by atoms with Gasteiger partial charge in [-0.05, 0) is 13.3 Å². The van der Waals surface area contributed by atoms with E-state index < -0.39 is 17.9 Å². The molecule has 0 radical (unpaired) electrons. The lowest BCUT2D eigenvalue weighted by Gasteiger charge is -2.13. The molecule has 0 aromatic carbocycles. The van der Waals surface area contributed by atoms with E-state index >= 15 is 0 Å². The number of amides is 1. The van der Waals surface area contributed by atoms with Gasteiger partial charge in [-0.15, -0.1) is 0 Å². The molecule has 0 rings (SSSR count). The number of aliphatic carboxylic acids is 1. The number of carboxylic acids is 1. The summed E-state index contributed by atoms with van der Waals surface area (Å²) in [6.07, 6.45) is 2.45. The first-order valence-corrected chi connectivity index (χ1v) is 4.84. The molecule has 0 aliphatic rings. The number of aliphatic hydroxyl groups is 1. The highest BCUT2D eigenvalue weighted by molar-refractivity contribution is 5.95. The summed E-state index contributed by atoms with van der Waals surface area (Å²) >= 11 is 0. The van der Waals surface area contributed by atoms with Crippen molar-refractivity contribution in [1.29, 1.82) is 0 Å². The SMILES string of the molecule is CC/C=C(/C)C(=O)N[C@@H](CCO)C(=O)O. The first-order valence-electron chi connectivity index (χ1n) is 4.84. The van der Waals surface area contributed by atoms with E-state index in [-0.39, 0.29) is 13.0 Å². The van der Waals surface area contributed by atoms with E-state index in [1.807, 2.05) is 6.92 Å². The molecule has 0 heterocycles. The van der Waals surface area contributed by atoms with E-state index in [1.54, 1.807) is 13.0 Å². The fourth-order valence-corrected chi connectivity index (χ4v) is 1.06. The Kier molecular flexibility index (Phi) is 6.37. The van der Waals surface area contributed by atoms with Crippen molar-refractivity contribution in [2.75, 3.05) is 6.61 Å². The summed E-state index contributed by atoms with van der Waals surface area (Å²) in [6.45, 7) is 3.24. The Morgan fingerprint density at radius 2 is 2.07 bits per heavy atom. The van der Waals surface area contributed by atoms with Crippen LogP contribution in [0, 0.1) is 0 Å². The predicted molar refractivity (Wildman–Crippen MR) is 55.3 cm³/mol. The molecule has 0 unspecified atom stereocenters. The summed E-state index contributed by atoms with van der Waals surface area (Å²) in [4.78, 5) is 22.1. The van der Waals surface area contributed by atoms with Gasteiger partial charge in [-0.1, -0.05) is 13.0 Å². The van der Waals surface area contributed by atoms with Crippen molar-refractivity contribution in [3.63, 3.8) is 0 Å². The maximum absolute atomic E-state index is 11.4. The van der Waals surface area contributed by atoms with Gasteiger partial charge >= 0.3 is 5.97 Å². The third-order valence-electron chi connectivity index (χ3n) is 1.89. The minimum atomic E-state index is -1.14. The Hall–Kier alpha value is -1.36. The van der Waals surface area contributed by atoms with E-state index in [1.165, 1.54) is 0 Å². The van der Waals surface area contributed by atoms with Crippen molar-refractivity contribution in [2.24, 2.45) is 0 Å². The number of aliphatic hydroxyl groups excluding tert-OH is 1. The maximum Gasteiger partial charge on any atom is 0.326 e. The van der Waals surface area contributed by atoms with Gasteiger partial charge in [-0.25, -0.2) is 4.79 Å². The topological polar surface area (TPSA) is 86.6 Å². The predicted octanol–water partition coefficient (Wildman–Crippen LogP) is 0.294. The molecule has 3 N–H and O–H groups in total. The average molecular weight is 215 g/mol. The van der Waals surface area contributed by atoms with Gasteiger partial charge in [0.15, 0.2) is 0 Å². The van der Waals surface area contributed by atoms with Crippen LogP contribution in [0.4, 0.5) is 0 Å². The van der Waals surface area contributed by atoms with Crippen LogP contribution in [0.5, 0.6) is 0 Å². The fraction of sp³-hybridized carbons (Fsp3) is 0.600. The molecule has 5 heteroatoms. The van der Waals surface area contributed by atoms with Gasteiger partial charge in [0.1, 0.15) is 6.04 Å². The summed E-state index contributed by atoms with van der Waals surface area (Å²) in [6, 6.07) is -1.03. The molecular formula is C10H17NO4. The lowest BCUT2D eigenvalue weighted by Crippen LogP contribution is -2.41. The number of carboxylic acid groups (broad SMARTS) is 1. The molecule has 15 heavy (non-hydrogen) atoms. The zero-order valence-corrected chi connectivity index (χ0v) is 8.99. The summed E-state index contributed by atoms with van der Waals surface area (Å²) < 4.78 is 0. The Balaban J connectivity index is 4.35. The zero-order valence-electron chi connectivity index (χ0n) is 8.99. The first-order chi connectivity index (χ1) is 7.02. The molecule has 1 amide bonds. The zero-order chi connectivity index (χ0) is 11.8. The van der Waals surface area contributed by atoms with Crippen molar-refractivity contribution in [3.05, 3.63) is 11.6 Å². The molecule has 86 valence electrons. The Labute approximate surface area is 88.8 Å². The van der Waals surface area contributed by atoms with Gasteiger partial charge < -0.3 is 15.5 Å². The summed E-state index contributed by atoms with van der Waals surface area (Å²) in [5.74, 6) is -1.54. The number of carbonyl (C=O) groups excluding carboxylic acids is 1. The number of carbonyl (C=O) groups is 2. The molecule has 0 aliphatic heterocycles. The fourth-order valence-electron chi connectivity index (χ4n) is 1.06. The minimum absolute atomic E-state index is 0.0144. The number of allylic oxidation sites excluding steroid dienone is 1. The lowest BCUT2D eigenvalue weighted by atomic mass is 10.2. The lowest BCUT2D eigenvalue weighted by molar-refractivity contribution is -0.141. The van der Waals surface area contributed by atoms with Gasteiger partial charge in [-0.3, -0.25) is 4.79 Å². The first kappa shape index (κ1) is 13.6. The second-order valence-electron chi connectivity index (χ2n) is 3.17. The number of hydrogen-bond acceptors (Lipinski definition) is 3. The smallest absolute Gasteiger partial charge is 0.326 e. The molecule has 0 aliphatic carbocycles. The third kappa shape index (κ3) is 5.17. The van der Waals surface area contributed by atoms with Gasteiger partial charge in [0.05, 0.1) is 0 Å². The molecule has 0 aromatic rings. The van der Waals surface area contributed by atoms with Crippen molar-refractivity contribution in [2.45, 2.75) is 32.7 Å². The molecule has 0 saturated heterocycles. The molecule has 5 nitrogen and oxygen atoms in total. The van der Waals surface area contributed by atoms with Crippen LogP contribution in [0.3, 0.4) is 0 Å². The Bertz CT molecular complexity index is 260. The van der Waals surface area contributed by atoms with Crippen LogP contribution in [-0.4, -0.2) is 34.7 Å². The Morgan fingerprint density at radius 3 is 2.47 bits per heavy atom. The van der Waals surface area contributed by atoms with Crippen molar-refractivity contribution >= 4 is 11.9 Å². The molecule has 0 saturated carbocycles. The second-order valence-corrected chi connectivity index (χ2v) is 3.17. The standard InChI is InChI=1S/C10H17NO4/c1-3-4-7(2)9(13)11-8(5-6-12)10(14)15/h4,8,12H,3,5-6H2,1-2H3,(H,11,13)(H,14,15)/b7-4-/t8-/m0/s1. The van der Waals surface area contributed by atoms with Crippen LogP contribution in [0.1, 0.15) is 26.7 Å². The largest absolute Gasteiger partial charge is 0.480 e. The molecule has 1 atom stereocenters. The van der Waals surface area contributed by atoms with Crippen LogP contribution in [0.2, 0.25) is 0 Å². The minimum Gasteiger partial charge on any atom is -0.480 e. The van der Waals surface area contributed by atoms with Crippen LogP contribution in [-0.2, 0) is 9.59 Å². The number of nitrogens with one attached hydrogen (secondary N) is 1. The molecule has 0 aromatic heterocycles. The van der Waals surface area contributed by atoms with Gasteiger partial charge in [0, 0.05) is 18.6 Å². The number of hydrogen-bond donors (Lipinski definition) is 3. The van der Waals surface area contributed by atoms with E-state index in [2.05, 4.69) is 5.32 Å². The monoisotopic (exact) mass is 215 g/mol. The van der Waals surface area contributed by atoms with Crippen molar-refractivity contribution in [3.8, 4) is 0 Å². The van der Waals surface area contributed by atoms with E-state index in [4.69, 9.17) is 10.2 Å². The Morgan fingerprint density at radius 1 is 1.47 bits per heavy atom. The second kappa shape index (κ2) is 7.00. The normalized spacial score (nSPS) is 13.4. The van der Waals surface area contributed by atoms with Gasteiger partial charge in [0.25, 0.3) is 0 Å². The summed E-state index contributed by atoms with van der Waals surface area (Å²) in [5.41, 5.74) is 0.488.